The number of thiophene rings is 1. The summed E-state index contributed by atoms with van der Waals surface area (Å²) < 4.78 is 0. The van der Waals surface area contributed by atoms with Crippen LogP contribution in [-0.2, 0) is 6.42 Å². The molecule has 120 valence electrons. The number of hydrogen-bond acceptors (Lipinski definition) is 3. The Hall–Kier alpha value is -1.65. The minimum atomic E-state index is 0.205. The fourth-order valence-corrected chi connectivity index (χ4v) is 4.20. The second-order valence-electron chi connectivity index (χ2n) is 6.55. The van der Waals surface area contributed by atoms with E-state index in [9.17, 15) is 4.79 Å². The summed E-state index contributed by atoms with van der Waals surface area (Å²) in [5.74, 6) is 0.205. The summed E-state index contributed by atoms with van der Waals surface area (Å²) in [7, 11) is 0. The van der Waals surface area contributed by atoms with Gasteiger partial charge in [-0.05, 0) is 36.3 Å². The molecule has 1 aromatic heterocycles. The first kappa shape index (κ1) is 14.9. The fourth-order valence-electron chi connectivity index (χ4n) is 3.52. The highest BCUT2D eigenvalue weighted by Gasteiger charge is 2.37. The van der Waals surface area contributed by atoms with E-state index in [1.165, 1.54) is 18.4 Å². The third-order valence-corrected chi connectivity index (χ3v) is 5.74. The lowest BCUT2D eigenvalue weighted by atomic mass is 10.0. The van der Waals surface area contributed by atoms with Crippen molar-refractivity contribution in [2.45, 2.75) is 31.3 Å². The van der Waals surface area contributed by atoms with Crippen molar-refractivity contribution in [2.75, 3.05) is 19.6 Å². The first-order valence-corrected chi connectivity index (χ1v) is 9.31. The number of benzene rings is 1. The fraction of sp³-hybridized carbons (Fsp3) is 0.421. The van der Waals surface area contributed by atoms with Crippen LogP contribution in [0, 0.1) is 0 Å². The molecule has 0 bridgehead atoms. The second kappa shape index (κ2) is 6.46. The molecule has 1 aliphatic heterocycles. The van der Waals surface area contributed by atoms with Crippen LogP contribution in [0.3, 0.4) is 0 Å². The molecule has 0 N–H and O–H groups in total. The Kier molecular flexibility index (Phi) is 4.19. The van der Waals surface area contributed by atoms with Crippen LogP contribution < -0.4 is 0 Å². The van der Waals surface area contributed by atoms with Crippen molar-refractivity contribution in [3.8, 4) is 0 Å². The van der Waals surface area contributed by atoms with E-state index >= 15 is 0 Å². The van der Waals surface area contributed by atoms with E-state index in [1.54, 1.807) is 11.3 Å². The van der Waals surface area contributed by atoms with Gasteiger partial charge in [-0.1, -0.05) is 36.4 Å². The Bertz CT molecular complexity index is 651. The topological polar surface area (TPSA) is 23.6 Å². The average Bonchev–Trinajstić information content (AvgIpc) is 3.29. The number of piperazine rings is 1. The van der Waals surface area contributed by atoms with Gasteiger partial charge in [0.25, 0.3) is 5.91 Å². The molecule has 4 heteroatoms. The van der Waals surface area contributed by atoms with Crippen LogP contribution >= 0.6 is 11.3 Å². The first-order chi connectivity index (χ1) is 11.3. The van der Waals surface area contributed by atoms with Crippen molar-refractivity contribution in [1.82, 2.24) is 9.80 Å². The largest absolute Gasteiger partial charge is 0.332 e. The molecule has 1 amide bonds. The summed E-state index contributed by atoms with van der Waals surface area (Å²) >= 11 is 1.55. The minimum absolute atomic E-state index is 0.205. The maximum absolute atomic E-state index is 12.9. The van der Waals surface area contributed by atoms with E-state index in [0.29, 0.717) is 0 Å². The van der Waals surface area contributed by atoms with Gasteiger partial charge in [0.2, 0.25) is 0 Å². The van der Waals surface area contributed by atoms with Crippen LogP contribution in [0.4, 0.5) is 0 Å². The number of nitrogens with zero attached hydrogens (tertiary/aromatic N) is 2. The monoisotopic (exact) mass is 326 g/mol. The van der Waals surface area contributed by atoms with Crippen LogP contribution in [-0.4, -0.2) is 47.4 Å². The van der Waals surface area contributed by atoms with Crippen LogP contribution in [0.5, 0.6) is 0 Å². The molecule has 3 nitrogen and oxygen atoms in total. The Labute approximate surface area is 141 Å². The lowest BCUT2D eigenvalue weighted by Gasteiger charge is -2.41. The van der Waals surface area contributed by atoms with Gasteiger partial charge in [0.15, 0.2) is 0 Å². The van der Waals surface area contributed by atoms with Gasteiger partial charge < -0.3 is 4.90 Å². The molecule has 1 saturated carbocycles. The summed E-state index contributed by atoms with van der Waals surface area (Å²) in [6.07, 6.45) is 3.61. The van der Waals surface area contributed by atoms with Gasteiger partial charge in [0.1, 0.15) is 0 Å². The number of amides is 1. The van der Waals surface area contributed by atoms with Crippen LogP contribution in [0.2, 0.25) is 0 Å². The molecule has 4 rings (SSSR count). The van der Waals surface area contributed by atoms with Crippen molar-refractivity contribution in [1.29, 1.82) is 0 Å². The number of carbonyl (C=O) groups excluding carboxylic acids is 1. The van der Waals surface area contributed by atoms with E-state index in [1.807, 2.05) is 17.5 Å². The normalized spacial score (nSPS) is 22.3. The SMILES string of the molecule is O=C(c1cccs1)N1CCN(C2CC2)CC1Cc1ccccc1. The van der Waals surface area contributed by atoms with E-state index in [2.05, 4.69) is 40.1 Å². The number of rotatable bonds is 4. The van der Waals surface area contributed by atoms with E-state index < -0.39 is 0 Å². The Morgan fingerprint density at radius 2 is 1.91 bits per heavy atom. The zero-order valence-electron chi connectivity index (χ0n) is 13.2. The van der Waals surface area contributed by atoms with Gasteiger partial charge >= 0.3 is 0 Å². The van der Waals surface area contributed by atoms with Gasteiger partial charge in [-0.25, -0.2) is 0 Å². The minimum Gasteiger partial charge on any atom is -0.332 e. The molecule has 0 spiro atoms. The molecule has 1 atom stereocenters. The number of carbonyl (C=O) groups is 1. The molecule has 0 radical (unpaired) electrons. The predicted molar refractivity (Wildman–Crippen MR) is 93.9 cm³/mol. The maximum Gasteiger partial charge on any atom is 0.264 e. The molecule has 1 unspecified atom stereocenters. The van der Waals surface area contributed by atoms with E-state index in [0.717, 1.165) is 37.0 Å². The highest BCUT2D eigenvalue weighted by Crippen LogP contribution is 2.30. The van der Waals surface area contributed by atoms with Gasteiger partial charge in [-0.15, -0.1) is 11.3 Å². The summed E-state index contributed by atoms with van der Waals surface area (Å²) in [6.45, 7) is 2.88. The van der Waals surface area contributed by atoms with Crippen molar-refractivity contribution in [2.24, 2.45) is 0 Å². The average molecular weight is 326 g/mol. The highest BCUT2D eigenvalue weighted by molar-refractivity contribution is 7.12. The Morgan fingerprint density at radius 3 is 2.61 bits per heavy atom. The molecule has 2 aromatic rings. The van der Waals surface area contributed by atoms with Crippen molar-refractivity contribution >= 4 is 17.2 Å². The second-order valence-corrected chi connectivity index (χ2v) is 7.49. The van der Waals surface area contributed by atoms with E-state index in [4.69, 9.17) is 0 Å². The zero-order valence-corrected chi connectivity index (χ0v) is 14.0. The third kappa shape index (κ3) is 3.33. The van der Waals surface area contributed by atoms with Gasteiger partial charge in [-0.2, -0.15) is 0 Å². The molecule has 2 aliphatic rings. The molecular weight excluding hydrogens is 304 g/mol. The first-order valence-electron chi connectivity index (χ1n) is 8.44. The van der Waals surface area contributed by atoms with Crippen LogP contribution in [0.25, 0.3) is 0 Å². The molecular formula is C19H22N2OS. The molecule has 1 saturated heterocycles. The summed E-state index contributed by atoms with van der Waals surface area (Å²) in [6, 6.07) is 15.5. The molecule has 2 fully saturated rings. The molecule has 1 aliphatic carbocycles. The van der Waals surface area contributed by atoms with Gasteiger partial charge in [0, 0.05) is 31.7 Å². The quantitative estimate of drug-likeness (QED) is 0.861. The summed E-state index contributed by atoms with van der Waals surface area (Å²) in [4.78, 5) is 18.4. The maximum atomic E-state index is 12.9. The van der Waals surface area contributed by atoms with Crippen LogP contribution in [0.1, 0.15) is 28.1 Å². The molecule has 1 aromatic carbocycles. The summed E-state index contributed by atoms with van der Waals surface area (Å²) in [5, 5.41) is 1.99. The lowest BCUT2D eigenvalue weighted by molar-refractivity contribution is 0.0441. The van der Waals surface area contributed by atoms with Crippen molar-refractivity contribution in [3.63, 3.8) is 0 Å². The van der Waals surface area contributed by atoms with E-state index in [-0.39, 0.29) is 11.9 Å². The summed E-state index contributed by atoms with van der Waals surface area (Å²) in [5.41, 5.74) is 1.32. The highest BCUT2D eigenvalue weighted by atomic mass is 32.1. The third-order valence-electron chi connectivity index (χ3n) is 4.88. The molecule has 23 heavy (non-hydrogen) atoms. The van der Waals surface area contributed by atoms with Gasteiger partial charge in [-0.3, -0.25) is 9.69 Å². The Balaban J connectivity index is 1.54. The molecule has 2 heterocycles. The van der Waals surface area contributed by atoms with Gasteiger partial charge in [0.05, 0.1) is 4.88 Å². The lowest BCUT2D eigenvalue weighted by Crippen LogP contribution is -2.56. The van der Waals surface area contributed by atoms with Crippen LogP contribution in [0.15, 0.2) is 47.8 Å². The zero-order chi connectivity index (χ0) is 15.6. The van der Waals surface area contributed by atoms with Crippen molar-refractivity contribution < 1.29 is 4.79 Å². The number of hydrogen-bond donors (Lipinski definition) is 0. The Morgan fingerprint density at radius 1 is 1.09 bits per heavy atom. The van der Waals surface area contributed by atoms with Crippen molar-refractivity contribution in [3.05, 3.63) is 58.3 Å². The predicted octanol–water partition coefficient (Wildman–Crippen LogP) is 3.28. The standard InChI is InChI=1S/C19H22N2OS/c22-19(18-7-4-12-23-18)21-11-10-20(16-8-9-16)14-17(21)13-15-5-2-1-3-6-15/h1-7,12,16-17H,8-11,13-14H2. The smallest absolute Gasteiger partial charge is 0.264 e.